The van der Waals surface area contributed by atoms with Crippen molar-refractivity contribution in [1.29, 1.82) is 5.41 Å². The van der Waals surface area contributed by atoms with Gasteiger partial charge in [0.15, 0.2) is 5.49 Å². The summed E-state index contributed by atoms with van der Waals surface area (Å²) in [5.41, 5.74) is 8.33. The topological polar surface area (TPSA) is 84.4 Å². The second-order valence-corrected chi connectivity index (χ2v) is 3.76. The number of benzene rings is 1. The van der Waals surface area contributed by atoms with Crippen LogP contribution in [0.2, 0.25) is 0 Å². The van der Waals surface area contributed by atoms with Crippen molar-refractivity contribution in [2.45, 2.75) is 0 Å². The highest BCUT2D eigenvalue weighted by Gasteiger charge is 2.17. The minimum Gasteiger partial charge on any atom is -0.508 e. The summed E-state index contributed by atoms with van der Waals surface area (Å²) in [6, 6.07) is 4.81. The van der Waals surface area contributed by atoms with E-state index >= 15 is 0 Å². The number of hydrogen-bond acceptors (Lipinski definition) is 3. The van der Waals surface area contributed by atoms with Crippen molar-refractivity contribution in [2.24, 2.45) is 7.05 Å². The summed E-state index contributed by atoms with van der Waals surface area (Å²) in [4.78, 5) is 0. The number of aromatic hydroxyl groups is 1. The summed E-state index contributed by atoms with van der Waals surface area (Å²) in [7, 11) is 1.81. The van der Waals surface area contributed by atoms with Crippen LogP contribution in [0.3, 0.4) is 0 Å². The highest BCUT2D eigenvalue weighted by molar-refractivity contribution is 5.65. The summed E-state index contributed by atoms with van der Waals surface area (Å²) in [5, 5.41) is 17.1. The minimum atomic E-state index is 0.140. The van der Waals surface area contributed by atoms with E-state index in [1.54, 1.807) is 21.4 Å². The van der Waals surface area contributed by atoms with Crippen molar-refractivity contribution in [2.75, 3.05) is 5.73 Å². The van der Waals surface area contributed by atoms with Gasteiger partial charge in [0, 0.05) is 13.1 Å². The Morgan fingerprint density at radius 2 is 2.12 bits per heavy atom. The van der Waals surface area contributed by atoms with Crippen LogP contribution < -0.4 is 11.2 Å². The van der Waals surface area contributed by atoms with E-state index in [4.69, 9.17) is 11.1 Å². The van der Waals surface area contributed by atoms with E-state index in [2.05, 4.69) is 0 Å². The number of phenolic OH excluding ortho intramolecular Hbond substituents is 1. The van der Waals surface area contributed by atoms with E-state index in [9.17, 15) is 5.11 Å². The number of nitrogens with two attached hydrogens (primary N) is 1. The quantitative estimate of drug-likeness (QED) is 0.511. The molecule has 0 unspecified atom stereocenters. The van der Waals surface area contributed by atoms with Crippen LogP contribution in [-0.2, 0) is 7.05 Å². The smallest absolute Gasteiger partial charge is 0.169 e. The maximum atomic E-state index is 9.28. The number of nitrogens with zero attached hydrogens (tertiary/aromatic N) is 3. The molecule has 0 amide bonds. The second kappa shape index (κ2) is 2.60. The fraction of sp³-hybridized carbons (Fsp3) is 0.100. The molecule has 0 aliphatic heterocycles. The monoisotopic (exact) mass is 217 g/mol. The molecule has 0 fully saturated rings. The normalized spacial score (nSPS) is 11.6. The van der Waals surface area contributed by atoms with E-state index in [1.165, 1.54) is 6.07 Å². The highest BCUT2D eigenvalue weighted by atomic mass is 16.3. The molecule has 82 valence electrons. The Kier molecular flexibility index (Phi) is 1.45. The first-order valence-electron chi connectivity index (χ1n) is 4.82. The predicted molar refractivity (Wildman–Crippen MR) is 58.8 cm³/mol. The van der Waals surface area contributed by atoms with Crippen LogP contribution in [0.5, 0.6) is 5.75 Å². The van der Waals surface area contributed by atoms with Crippen molar-refractivity contribution in [3.05, 3.63) is 29.9 Å². The van der Waals surface area contributed by atoms with Crippen LogP contribution in [0.25, 0.3) is 11.2 Å². The zero-order valence-electron chi connectivity index (χ0n) is 8.68. The summed E-state index contributed by atoms with van der Waals surface area (Å²) >= 11 is 0. The van der Waals surface area contributed by atoms with E-state index in [1.807, 2.05) is 17.9 Å². The number of aryl methyl sites for hydroxylation is 1. The van der Waals surface area contributed by atoms with Gasteiger partial charge in [-0.3, -0.25) is 10.1 Å². The molecule has 4 N–H and O–H groups in total. The van der Waals surface area contributed by atoms with Crippen molar-refractivity contribution < 1.29 is 5.11 Å². The van der Waals surface area contributed by atoms with Gasteiger partial charge in [0.1, 0.15) is 11.3 Å². The van der Waals surface area contributed by atoms with Gasteiger partial charge in [-0.25, -0.2) is 4.68 Å². The van der Waals surface area contributed by atoms with Gasteiger partial charge < -0.3 is 10.8 Å². The third-order valence-electron chi connectivity index (χ3n) is 2.78. The fourth-order valence-electron chi connectivity index (χ4n) is 1.90. The van der Waals surface area contributed by atoms with Gasteiger partial charge in [-0.05, 0) is 12.1 Å². The summed E-state index contributed by atoms with van der Waals surface area (Å²) in [6.45, 7) is 0. The van der Waals surface area contributed by atoms with E-state index in [0.29, 0.717) is 11.2 Å². The number of nitrogen functional groups attached to an aromatic ring is 1. The number of nitrogens with one attached hydrogen (secondary N) is 1. The molecule has 0 aliphatic carbocycles. The third-order valence-corrected chi connectivity index (χ3v) is 2.78. The Morgan fingerprint density at radius 3 is 2.62 bits per heavy atom. The first-order chi connectivity index (χ1) is 7.59. The molecule has 0 saturated carbocycles. The summed E-state index contributed by atoms with van der Waals surface area (Å²) in [6.07, 6.45) is 1.86. The highest BCUT2D eigenvalue weighted by Crippen LogP contribution is 2.24. The molecule has 6 nitrogen and oxygen atoms in total. The number of phenols is 1. The van der Waals surface area contributed by atoms with Crippen LogP contribution in [-0.4, -0.2) is 19.1 Å². The molecule has 3 aromatic heterocycles. The number of hydrogen-bond donors (Lipinski definition) is 3. The molecule has 2 bridgehead atoms. The molecule has 16 heavy (non-hydrogen) atoms. The molecule has 4 rings (SSSR count). The predicted octanol–water partition coefficient (Wildman–Crippen LogP) is 0.274. The lowest BCUT2D eigenvalue weighted by Gasteiger charge is -2.15. The van der Waals surface area contributed by atoms with Crippen LogP contribution in [0.1, 0.15) is 0 Å². The summed E-state index contributed by atoms with van der Waals surface area (Å²) in [5.74, 6) is 0.140. The van der Waals surface area contributed by atoms with Gasteiger partial charge in [0.05, 0.1) is 17.6 Å². The molecule has 0 radical (unpaired) electrons. The molecular weight excluding hydrogens is 206 g/mol. The van der Waals surface area contributed by atoms with Gasteiger partial charge in [0.2, 0.25) is 0 Å². The molecule has 3 heterocycles. The molecular formula is C10H11N5O. The molecule has 0 spiro atoms. The van der Waals surface area contributed by atoms with Crippen LogP contribution in [0.15, 0.2) is 24.4 Å². The lowest BCUT2D eigenvalue weighted by atomic mass is 10.2. The minimum absolute atomic E-state index is 0.140. The molecule has 1 aromatic carbocycles. The van der Waals surface area contributed by atoms with Crippen LogP contribution in [0, 0.1) is 5.41 Å². The van der Waals surface area contributed by atoms with Crippen LogP contribution in [0.4, 0.5) is 5.69 Å². The van der Waals surface area contributed by atoms with Gasteiger partial charge in [-0.1, -0.05) is 0 Å². The van der Waals surface area contributed by atoms with Crippen molar-refractivity contribution >= 4 is 11.2 Å². The number of fused-ring (bicyclic) bond motifs is 1. The third kappa shape index (κ3) is 0.881. The standard InChI is InChI=1S/C10H11N5O/c1-13-10(12)9-5-14(13)15(9)8-3-2-6(16)4-7(8)11/h2-5,12,16H,11H2,1H3. The lowest BCUT2D eigenvalue weighted by molar-refractivity contribution is 0.475. The van der Waals surface area contributed by atoms with E-state index in [0.717, 1.165) is 11.2 Å². The Labute approximate surface area is 90.6 Å². The first kappa shape index (κ1) is 8.90. The number of aromatic nitrogens is 3. The Morgan fingerprint density at radius 1 is 1.38 bits per heavy atom. The van der Waals surface area contributed by atoms with Gasteiger partial charge in [0.25, 0.3) is 0 Å². The van der Waals surface area contributed by atoms with Gasteiger partial charge in [-0.2, -0.15) is 4.63 Å². The average Bonchev–Trinajstić information content (AvgIpc) is 2.59. The maximum absolute atomic E-state index is 9.28. The fourth-order valence-corrected chi connectivity index (χ4v) is 1.90. The Balaban J connectivity index is 2.29. The molecule has 0 aliphatic rings. The lowest BCUT2D eigenvalue weighted by Crippen LogP contribution is -2.15. The van der Waals surface area contributed by atoms with Crippen molar-refractivity contribution in [3.63, 3.8) is 0 Å². The zero-order chi connectivity index (χ0) is 11.4. The largest absolute Gasteiger partial charge is 0.508 e. The van der Waals surface area contributed by atoms with Crippen LogP contribution >= 0.6 is 0 Å². The van der Waals surface area contributed by atoms with E-state index < -0.39 is 0 Å². The Hall–Kier alpha value is -2.37. The summed E-state index contributed by atoms with van der Waals surface area (Å²) < 4.78 is 5.33. The molecule has 4 aromatic rings. The number of rotatable bonds is 1. The molecule has 0 atom stereocenters. The Bertz CT molecular complexity index is 717. The first-order valence-corrected chi connectivity index (χ1v) is 4.82. The van der Waals surface area contributed by atoms with E-state index in [-0.39, 0.29) is 5.75 Å². The SMILES string of the molecule is Cn1c(=N)c2cn1n2-c1ccc(O)cc1N. The zero-order valence-corrected chi connectivity index (χ0v) is 8.68. The average molecular weight is 217 g/mol. The van der Waals surface area contributed by atoms with Crippen molar-refractivity contribution in [3.8, 4) is 11.4 Å². The second-order valence-electron chi connectivity index (χ2n) is 3.76. The van der Waals surface area contributed by atoms with Gasteiger partial charge >= 0.3 is 0 Å². The number of anilines is 1. The molecule has 0 saturated heterocycles. The molecule has 6 heteroatoms. The van der Waals surface area contributed by atoms with Gasteiger partial charge in [-0.15, -0.1) is 0 Å². The maximum Gasteiger partial charge on any atom is 0.169 e. The van der Waals surface area contributed by atoms with Crippen molar-refractivity contribution in [1.82, 2.24) is 14.0 Å².